The topological polar surface area (TPSA) is 3.24 Å². The fourth-order valence-corrected chi connectivity index (χ4v) is 3.69. The van der Waals surface area contributed by atoms with E-state index >= 15 is 0 Å². The molecule has 0 aromatic carbocycles. The lowest BCUT2D eigenvalue weighted by Crippen LogP contribution is -2.32. The lowest BCUT2D eigenvalue weighted by molar-refractivity contribution is 0.190. The van der Waals surface area contributed by atoms with E-state index in [2.05, 4.69) is 18.4 Å². The van der Waals surface area contributed by atoms with Crippen molar-refractivity contribution in [3.63, 3.8) is 0 Å². The molecule has 2 aliphatic rings. The van der Waals surface area contributed by atoms with Crippen LogP contribution in [0.25, 0.3) is 0 Å². The van der Waals surface area contributed by atoms with Crippen LogP contribution >= 0.6 is 0 Å². The highest BCUT2D eigenvalue weighted by Gasteiger charge is 2.20. The summed E-state index contributed by atoms with van der Waals surface area (Å²) < 4.78 is 0. The molecule has 0 atom stereocenters. The molecule has 1 radical (unpaired) electrons. The van der Waals surface area contributed by atoms with E-state index in [1.807, 2.05) is 0 Å². The molecule has 17 heavy (non-hydrogen) atoms. The van der Waals surface area contributed by atoms with Gasteiger partial charge in [-0.2, -0.15) is 0 Å². The monoisotopic (exact) mass is 236 g/mol. The summed E-state index contributed by atoms with van der Waals surface area (Å²) in [6.45, 7) is 7.26. The van der Waals surface area contributed by atoms with Crippen LogP contribution in [0.3, 0.4) is 0 Å². The lowest BCUT2D eigenvalue weighted by Gasteiger charge is -2.32. The third kappa shape index (κ3) is 4.62. The Balaban J connectivity index is 1.71. The van der Waals surface area contributed by atoms with Gasteiger partial charge < -0.3 is 0 Å². The van der Waals surface area contributed by atoms with Crippen molar-refractivity contribution in [1.29, 1.82) is 0 Å². The molecule has 0 unspecified atom stereocenters. The molecule has 0 aromatic rings. The highest BCUT2D eigenvalue weighted by atomic mass is 15.1. The van der Waals surface area contributed by atoms with Gasteiger partial charge in [0.25, 0.3) is 0 Å². The molecule has 0 aliphatic heterocycles. The summed E-state index contributed by atoms with van der Waals surface area (Å²) in [4.78, 5) is 2.63. The lowest BCUT2D eigenvalue weighted by atomic mass is 9.87. The Morgan fingerprint density at radius 1 is 0.765 bits per heavy atom. The van der Waals surface area contributed by atoms with E-state index in [-0.39, 0.29) is 0 Å². The zero-order chi connectivity index (χ0) is 11.9. The average molecular weight is 236 g/mol. The van der Waals surface area contributed by atoms with Gasteiger partial charge in [0.15, 0.2) is 0 Å². The second-order valence-electron chi connectivity index (χ2n) is 6.22. The van der Waals surface area contributed by atoms with Crippen molar-refractivity contribution in [2.75, 3.05) is 13.1 Å². The Hall–Kier alpha value is -0.0400. The molecule has 2 fully saturated rings. The van der Waals surface area contributed by atoms with Crippen LogP contribution < -0.4 is 0 Å². The van der Waals surface area contributed by atoms with Crippen molar-refractivity contribution in [1.82, 2.24) is 4.90 Å². The van der Waals surface area contributed by atoms with Gasteiger partial charge in [0, 0.05) is 19.6 Å². The molecule has 1 heteroatoms. The Kier molecular flexibility index (Phi) is 5.84. The van der Waals surface area contributed by atoms with Crippen LogP contribution in [0, 0.1) is 18.4 Å². The molecule has 0 bridgehead atoms. The molecule has 2 aliphatic carbocycles. The number of nitrogens with zero attached hydrogens (tertiary/aromatic N) is 1. The van der Waals surface area contributed by atoms with E-state index < -0.39 is 0 Å². The number of hydrogen-bond acceptors (Lipinski definition) is 1. The minimum Gasteiger partial charge on any atom is -0.299 e. The van der Waals surface area contributed by atoms with Gasteiger partial charge in [0.05, 0.1) is 0 Å². The molecule has 0 aromatic heterocycles. The SMILES string of the molecule is C[CH]N(CC1CCCCC1)CC1CCCCC1. The maximum Gasteiger partial charge on any atom is 0.0220 e. The van der Waals surface area contributed by atoms with Crippen LogP contribution in [-0.4, -0.2) is 18.0 Å². The van der Waals surface area contributed by atoms with Crippen LogP contribution in [-0.2, 0) is 0 Å². The third-order valence-electron chi connectivity index (χ3n) is 4.80. The van der Waals surface area contributed by atoms with Crippen molar-refractivity contribution in [3.8, 4) is 0 Å². The Bertz CT molecular complexity index is 170. The van der Waals surface area contributed by atoms with E-state index in [0.717, 1.165) is 11.8 Å². The molecule has 2 rings (SSSR count). The summed E-state index contributed by atoms with van der Waals surface area (Å²) >= 11 is 0. The number of hydrogen-bond donors (Lipinski definition) is 0. The Morgan fingerprint density at radius 2 is 1.18 bits per heavy atom. The maximum atomic E-state index is 2.63. The Labute approximate surface area is 108 Å². The normalized spacial score (nSPS) is 24.4. The summed E-state index contributed by atoms with van der Waals surface area (Å²) in [5.41, 5.74) is 0. The molecule has 1 nitrogen and oxygen atoms in total. The zero-order valence-electron chi connectivity index (χ0n) is 11.7. The third-order valence-corrected chi connectivity index (χ3v) is 4.80. The van der Waals surface area contributed by atoms with Crippen LogP contribution in [0.15, 0.2) is 0 Å². The smallest absolute Gasteiger partial charge is 0.0220 e. The first-order valence-corrected chi connectivity index (χ1v) is 7.92. The molecule has 0 heterocycles. The first-order chi connectivity index (χ1) is 8.38. The van der Waals surface area contributed by atoms with Gasteiger partial charge in [0.1, 0.15) is 0 Å². The summed E-state index contributed by atoms with van der Waals surface area (Å²) in [5, 5.41) is 0. The van der Waals surface area contributed by atoms with E-state index in [4.69, 9.17) is 0 Å². The summed E-state index contributed by atoms with van der Waals surface area (Å²) in [6.07, 6.45) is 14.8. The van der Waals surface area contributed by atoms with Gasteiger partial charge in [-0.1, -0.05) is 38.5 Å². The molecule has 2 saturated carbocycles. The highest BCUT2D eigenvalue weighted by Crippen LogP contribution is 2.28. The minimum atomic E-state index is 0.989. The van der Waals surface area contributed by atoms with E-state index in [9.17, 15) is 0 Å². The van der Waals surface area contributed by atoms with Gasteiger partial charge in [-0.3, -0.25) is 4.90 Å². The molecule has 0 spiro atoms. The fraction of sp³-hybridized carbons (Fsp3) is 0.938. The first kappa shape index (κ1) is 13.4. The van der Waals surface area contributed by atoms with Gasteiger partial charge in [-0.05, 0) is 44.4 Å². The summed E-state index contributed by atoms with van der Waals surface area (Å²) in [7, 11) is 0. The van der Waals surface area contributed by atoms with Crippen molar-refractivity contribution < 1.29 is 0 Å². The van der Waals surface area contributed by atoms with E-state index in [0.29, 0.717) is 0 Å². The van der Waals surface area contributed by atoms with Crippen LogP contribution in [0.1, 0.15) is 71.1 Å². The van der Waals surface area contributed by atoms with Crippen molar-refractivity contribution in [3.05, 3.63) is 6.54 Å². The van der Waals surface area contributed by atoms with Gasteiger partial charge in [-0.15, -0.1) is 0 Å². The molecular formula is C16H30N. The van der Waals surface area contributed by atoms with Crippen LogP contribution in [0.2, 0.25) is 0 Å². The van der Waals surface area contributed by atoms with Gasteiger partial charge in [-0.25, -0.2) is 0 Å². The first-order valence-electron chi connectivity index (χ1n) is 7.92. The standard InChI is InChI=1S/C16H30N/c1-2-17(13-15-9-5-3-6-10-15)14-16-11-7-4-8-12-16/h2,15-16H,3-14H2,1H3. The zero-order valence-corrected chi connectivity index (χ0v) is 11.7. The maximum absolute atomic E-state index is 2.63. The van der Waals surface area contributed by atoms with Gasteiger partial charge in [0.2, 0.25) is 0 Å². The van der Waals surface area contributed by atoms with Gasteiger partial charge >= 0.3 is 0 Å². The molecule has 0 amide bonds. The van der Waals surface area contributed by atoms with Crippen molar-refractivity contribution in [2.45, 2.75) is 71.1 Å². The van der Waals surface area contributed by atoms with Crippen molar-refractivity contribution in [2.24, 2.45) is 11.8 Å². The van der Waals surface area contributed by atoms with Crippen LogP contribution in [0.4, 0.5) is 0 Å². The predicted octanol–water partition coefficient (Wildman–Crippen LogP) is 4.63. The summed E-state index contributed by atoms with van der Waals surface area (Å²) in [5.74, 6) is 1.98. The van der Waals surface area contributed by atoms with E-state index in [1.165, 1.54) is 77.3 Å². The molecule has 99 valence electrons. The largest absolute Gasteiger partial charge is 0.299 e. The molecular weight excluding hydrogens is 206 g/mol. The fourth-order valence-electron chi connectivity index (χ4n) is 3.69. The molecule has 0 N–H and O–H groups in total. The minimum absolute atomic E-state index is 0.989. The second-order valence-corrected chi connectivity index (χ2v) is 6.22. The second kappa shape index (κ2) is 7.41. The van der Waals surface area contributed by atoms with Crippen molar-refractivity contribution >= 4 is 0 Å². The average Bonchev–Trinajstić information content (AvgIpc) is 2.40. The molecule has 0 saturated heterocycles. The number of rotatable bonds is 5. The van der Waals surface area contributed by atoms with E-state index in [1.54, 1.807) is 0 Å². The summed E-state index contributed by atoms with van der Waals surface area (Å²) in [6, 6.07) is 0. The Morgan fingerprint density at radius 3 is 1.53 bits per heavy atom. The highest BCUT2D eigenvalue weighted by molar-refractivity contribution is 4.77. The predicted molar refractivity (Wildman–Crippen MR) is 74.7 cm³/mol. The quantitative estimate of drug-likeness (QED) is 0.672. The van der Waals surface area contributed by atoms with Crippen LogP contribution in [0.5, 0.6) is 0 Å².